The highest BCUT2D eigenvalue weighted by molar-refractivity contribution is 5.40. The second kappa shape index (κ2) is 7.12. The molecule has 4 heteroatoms. The van der Waals surface area contributed by atoms with E-state index in [1.165, 1.54) is 0 Å². The van der Waals surface area contributed by atoms with E-state index in [-0.39, 0.29) is 12.7 Å². The molecule has 0 radical (unpaired) electrons. The third kappa shape index (κ3) is 4.61. The Labute approximate surface area is 102 Å². The summed E-state index contributed by atoms with van der Waals surface area (Å²) in [6, 6.07) is 5.63. The number of ether oxygens (including phenoxy) is 2. The fourth-order valence-electron chi connectivity index (χ4n) is 1.57. The van der Waals surface area contributed by atoms with Crippen molar-refractivity contribution in [3.05, 3.63) is 23.8 Å². The number of hydrogen-bond donors (Lipinski definition) is 1. The fourth-order valence-corrected chi connectivity index (χ4v) is 1.57. The van der Waals surface area contributed by atoms with E-state index in [1.54, 1.807) is 7.11 Å². The largest absolute Gasteiger partial charge is 0.497 e. The van der Waals surface area contributed by atoms with Crippen molar-refractivity contribution in [2.45, 2.75) is 25.8 Å². The molecule has 96 valence electrons. The first-order chi connectivity index (χ1) is 8.17. The second-order valence-corrected chi connectivity index (χ2v) is 4.05. The maximum Gasteiger partial charge on any atom is 0.122 e. The van der Waals surface area contributed by atoms with Gasteiger partial charge in [-0.3, -0.25) is 4.39 Å². The third-order valence-corrected chi connectivity index (χ3v) is 2.35. The summed E-state index contributed by atoms with van der Waals surface area (Å²) in [4.78, 5) is 0. The van der Waals surface area contributed by atoms with E-state index in [2.05, 4.69) is 0 Å². The molecule has 1 aromatic rings. The first kappa shape index (κ1) is 13.8. The van der Waals surface area contributed by atoms with Gasteiger partial charge in [-0.2, -0.15) is 0 Å². The molecule has 0 bridgehead atoms. The molecule has 0 saturated heterocycles. The van der Waals surface area contributed by atoms with Gasteiger partial charge in [-0.05, 0) is 37.1 Å². The van der Waals surface area contributed by atoms with Crippen molar-refractivity contribution in [3.63, 3.8) is 0 Å². The molecule has 0 heterocycles. The van der Waals surface area contributed by atoms with Crippen molar-refractivity contribution in [1.29, 1.82) is 0 Å². The molecule has 1 rings (SSSR count). The molecule has 3 nitrogen and oxygen atoms in total. The van der Waals surface area contributed by atoms with Gasteiger partial charge in [0, 0.05) is 12.5 Å². The van der Waals surface area contributed by atoms with Gasteiger partial charge in [0.2, 0.25) is 0 Å². The molecular formula is C13H20FNO2. The topological polar surface area (TPSA) is 44.5 Å². The minimum absolute atomic E-state index is 0.0469. The Balaban J connectivity index is 2.78. The first-order valence-electron chi connectivity index (χ1n) is 5.78. The number of nitrogens with two attached hydrogens (primary N) is 1. The van der Waals surface area contributed by atoms with E-state index in [4.69, 9.17) is 15.2 Å². The zero-order chi connectivity index (χ0) is 12.7. The predicted octanol–water partition coefficient (Wildman–Crippen LogP) is 2.32. The minimum Gasteiger partial charge on any atom is -0.497 e. The summed E-state index contributed by atoms with van der Waals surface area (Å²) >= 11 is 0. The highest BCUT2D eigenvalue weighted by Crippen LogP contribution is 2.25. The molecule has 2 N–H and O–H groups in total. The lowest BCUT2D eigenvalue weighted by atomic mass is 10.1. The quantitative estimate of drug-likeness (QED) is 0.745. The summed E-state index contributed by atoms with van der Waals surface area (Å²) in [5.74, 6) is 1.54. The van der Waals surface area contributed by atoms with E-state index in [0.29, 0.717) is 19.4 Å². The Morgan fingerprint density at radius 1 is 1.41 bits per heavy atom. The Hall–Kier alpha value is -1.29. The fraction of sp³-hybridized carbons (Fsp3) is 0.538. The molecule has 0 saturated carbocycles. The van der Waals surface area contributed by atoms with Gasteiger partial charge < -0.3 is 15.2 Å². The summed E-state index contributed by atoms with van der Waals surface area (Å²) in [7, 11) is 1.62. The molecule has 17 heavy (non-hydrogen) atoms. The van der Waals surface area contributed by atoms with Crippen LogP contribution in [-0.4, -0.2) is 26.4 Å². The average Bonchev–Trinajstić information content (AvgIpc) is 2.30. The van der Waals surface area contributed by atoms with Crippen LogP contribution >= 0.6 is 0 Å². The number of benzene rings is 1. The molecule has 1 aromatic carbocycles. The van der Waals surface area contributed by atoms with Crippen molar-refractivity contribution in [2.75, 3.05) is 20.4 Å². The Morgan fingerprint density at radius 2 is 2.18 bits per heavy atom. The summed E-state index contributed by atoms with van der Waals surface area (Å²) in [6.45, 7) is 1.96. The van der Waals surface area contributed by atoms with Gasteiger partial charge in [0.05, 0.1) is 20.4 Å². The monoisotopic (exact) mass is 241 g/mol. The lowest BCUT2D eigenvalue weighted by Crippen LogP contribution is -2.18. The number of methoxy groups -OCH3 is 1. The molecule has 0 amide bonds. The molecule has 1 atom stereocenters. The van der Waals surface area contributed by atoms with E-state index >= 15 is 0 Å². The molecular weight excluding hydrogens is 221 g/mol. The molecule has 0 aliphatic carbocycles. The van der Waals surface area contributed by atoms with Gasteiger partial charge in [-0.15, -0.1) is 0 Å². The van der Waals surface area contributed by atoms with Crippen LogP contribution in [-0.2, 0) is 6.42 Å². The Morgan fingerprint density at radius 3 is 2.76 bits per heavy atom. The number of halogens is 1. The van der Waals surface area contributed by atoms with Gasteiger partial charge in [-0.1, -0.05) is 0 Å². The van der Waals surface area contributed by atoms with Gasteiger partial charge in [0.15, 0.2) is 0 Å². The zero-order valence-electron chi connectivity index (χ0n) is 10.4. The molecule has 0 aliphatic rings. The molecule has 0 spiro atoms. The van der Waals surface area contributed by atoms with Crippen LogP contribution in [0.4, 0.5) is 4.39 Å². The highest BCUT2D eigenvalue weighted by atomic mass is 19.1. The smallest absolute Gasteiger partial charge is 0.122 e. The summed E-state index contributed by atoms with van der Waals surface area (Å²) < 4.78 is 22.7. The van der Waals surface area contributed by atoms with Gasteiger partial charge in [0.25, 0.3) is 0 Å². The lowest BCUT2D eigenvalue weighted by molar-refractivity contribution is 0.286. The van der Waals surface area contributed by atoms with Crippen LogP contribution in [0.3, 0.4) is 0 Å². The van der Waals surface area contributed by atoms with E-state index in [0.717, 1.165) is 17.1 Å². The highest BCUT2D eigenvalue weighted by Gasteiger charge is 2.08. The Bertz CT molecular complexity index is 342. The Kier molecular flexibility index (Phi) is 5.77. The van der Waals surface area contributed by atoms with E-state index in [1.807, 2.05) is 25.1 Å². The van der Waals surface area contributed by atoms with Crippen molar-refractivity contribution < 1.29 is 13.9 Å². The molecule has 0 aromatic heterocycles. The molecule has 1 unspecified atom stereocenters. The standard InChI is InChI=1S/C13H20FNO2/c1-10(15)8-11-9-12(16-2)4-5-13(11)17-7-3-6-14/h4-5,9-10H,3,6-8,15H2,1-2H3. The number of rotatable bonds is 7. The minimum atomic E-state index is -0.362. The summed E-state index contributed by atoms with van der Waals surface area (Å²) in [5, 5.41) is 0. The lowest BCUT2D eigenvalue weighted by Gasteiger charge is -2.14. The molecule has 0 aliphatic heterocycles. The average molecular weight is 241 g/mol. The second-order valence-electron chi connectivity index (χ2n) is 4.05. The van der Waals surface area contributed by atoms with Crippen LogP contribution in [0.5, 0.6) is 11.5 Å². The van der Waals surface area contributed by atoms with Crippen molar-refractivity contribution >= 4 is 0 Å². The van der Waals surface area contributed by atoms with Crippen LogP contribution in [0.2, 0.25) is 0 Å². The number of alkyl halides is 1. The van der Waals surface area contributed by atoms with Gasteiger partial charge in [0.1, 0.15) is 11.5 Å². The maximum atomic E-state index is 12.0. The van der Waals surface area contributed by atoms with Crippen LogP contribution in [0, 0.1) is 0 Å². The van der Waals surface area contributed by atoms with Crippen LogP contribution < -0.4 is 15.2 Å². The van der Waals surface area contributed by atoms with Gasteiger partial charge in [-0.25, -0.2) is 0 Å². The maximum absolute atomic E-state index is 12.0. The van der Waals surface area contributed by atoms with Crippen molar-refractivity contribution in [2.24, 2.45) is 5.73 Å². The summed E-state index contributed by atoms with van der Waals surface area (Å²) in [6.07, 6.45) is 1.12. The van der Waals surface area contributed by atoms with Crippen LogP contribution in [0.25, 0.3) is 0 Å². The first-order valence-corrected chi connectivity index (χ1v) is 5.78. The predicted molar refractivity (Wildman–Crippen MR) is 66.4 cm³/mol. The van der Waals surface area contributed by atoms with E-state index in [9.17, 15) is 4.39 Å². The van der Waals surface area contributed by atoms with Crippen molar-refractivity contribution in [1.82, 2.24) is 0 Å². The number of hydrogen-bond acceptors (Lipinski definition) is 3. The normalized spacial score (nSPS) is 12.2. The van der Waals surface area contributed by atoms with Crippen LogP contribution in [0.15, 0.2) is 18.2 Å². The van der Waals surface area contributed by atoms with Crippen molar-refractivity contribution in [3.8, 4) is 11.5 Å². The zero-order valence-corrected chi connectivity index (χ0v) is 10.4. The third-order valence-electron chi connectivity index (χ3n) is 2.35. The SMILES string of the molecule is COc1ccc(OCCCF)c(CC(C)N)c1. The van der Waals surface area contributed by atoms with Gasteiger partial charge >= 0.3 is 0 Å². The summed E-state index contributed by atoms with van der Waals surface area (Å²) in [5.41, 5.74) is 6.78. The van der Waals surface area contributed by atoms with E-state index < -0.39 is 0 Å². The molecule has 0 fully saturated rings. The van der Waals surface area contributed by atoms with Crippen LogP contribution in [0.1, 0.15) is 18.9 Å².